The maximum Gasteiger partial charge on any atom is 0.142 e. The van der Waals surface area contributed by atoms with Crippen LogP contribution in [0.2, 0.25) is 0 Å². The Morgan fingerprint density at radius 2 is 1.82 bits per heavy atom. The summed E-state index contributed by atoms with van der Waals surface area (Å²) in [6.07, 6.45) is 4.27. The number of benzene rings is 2. The number of nitriles is 2. The summed E-state index contributed by atoms with van der Waals surface area (Å²) in [4.78, 5) is 4.44. The Hall–Kier alpha value is -4.61. The summed E-state index contributed by atoms with van der Waals surface area (Å²) in [5, 5.41) is 20.6. The molecule has 2 heterocycles. The van der Waals surface area contributed by atoms with Crippen LogP contribution in [0.1, 0.15) is 46.0 Å². The van der Waals surface area contributed by atoms with E-state index >= 15 is 0 Å². The minimum Gasteiger partial charge on any atom is -0.383 e. The van der Waals surface area contributed by atoms with Gasteiger partial charge in [0.25, 0.3) is 0 Å². The van der Waals surface area contributed by atoms with Gasteiger partial charge in [0, 0.05) is 34.8 Å². The van der Waals surface area contributed by atoms with Crippen molar-refractivity contribution in [3.05, 3.63) is 99.4 Å². The average molecular weight is 442 g/mol. The fourth-order valence-electron chi connectivity index (χ4n) is 4.88. The molecule has 0 spiro atoms. The summed E-state index contributed by atoms with van der Waals surface area (Å²) < 4.78 is 2.26. The van der Waals surface area contributed by atoms with Gasteiger partial charge >= 0.3 is 0 Å². The van der Waals surface area contributed by atoms with Gasteiger partial charge in [0.1, 0.15) is 18.0 Å². The van der Waals surface area contributed by atoms with Crippen molar-refractivity contribution < 1.29 is 0 Å². The van der Waals surface area contributed by atoms with Gasteiger partial charge in [0.05, 0.1) is 16.8 Å². The number of allylic oxidation sites excluding steroid dienone is 3. The summed E-state index contributed by atoms with van der Waals surface area (Å²) in [5.41, 5.74) is 15.5. The second kappa shape index (κ2) is 8.06. The molecule has 0 atom stereocenters. The molecular formula is C29H23N5. The van der Waals surface area contributed by atoms with E-state index in [1.54, 1.807) is 0 Å². The Balaban J connectivity index is 1.72. The van der Waals surface area contributed by atoms with Crippen molar-refractivity contribution in [3.8, 4) is 12.1 Å². The lowest BCUT2D eigenvalue weighted by molar-refractivity contribution is 0.835. The lowest BCUT2D eigenvalue weighted by atomic mass is 9.95. The van der Waals surface area contributed by atoms with Gasteiger partial charge in [-0.15, -0.1) is 0 Å². The molecule has 2 aromatic heterocycles. The van der Waals surface area contributed by atoms with Crippen LogP contribution in [0.5, 0.6) is 0 Å². The number of aromatic nitrogens is 2. The van der Waals surface area contributed by atoms with E-state index in [4.69, 9.17) is 5.73 Å². The van der Waals surface area contributed by atoms with Crippen molar-refractivity contribution >= 4 is 33.9 Å². The minimum atomic E-state index is 0.162. The first-order valence-corrected chi connectivity index (χ1v) is 11.1. The standard InChI is InChI=1S/C29H23N5/c1-17-7-6-8-20(11-17)15-34-16-21(22-9-4-5-10-26(22)34)12-23-18(2)24(13-30)28-27(23)19(3)25(14-31)29(32)33-28/h4-12,16H,15H2,1-3H3,(H2,32,33). The highest BCUT2D eigenvalue weighted by Crippen LogP contribution is 2.44. The number of anilines is 1. The summed E-state index contributed by atoms with van der Waals surface area (Å²) in [6.45, 7) is 6.67. The first-order valence-electron chi connectivity index (χ1n) is 11.1. The topological polar surface area (TPSA) is 91.4 Å². The Morgan fingerprint density at radius 1 is 1.03 bits per heavy atom. The van der Waals surface area contributed by atoms with Gasteiger partial charge in [0.2, 0.25) is 0 Å². The van der Waals surface area contributed by atoms with E-state index in [0.717, 1.165) is 45.3 Å². The van der Waals surface area contributed by atoms with Gasteiger partial charge < -0.3 is 10.3 Å². The predicted molar refractivity (Wildman–Crippen MR) is 136 cm³/mol. The molecule has 164 valence electrons. The van der Waals surface area contributed by atoms with Crippen LogP contribution in [0.4, 0.5) is 5.82 Å². The zero-order chi connectivity index (χ0) is 24.0. The van der Waals surface area contributed by atoms with E-state index in [2.05, 4.69) is 77.3 Å². The third-order valence-electron chi connectivity index (χ3n) is 6.54. The molecule has 5 rings (SSSR count). The van der Waals surface area contributed by atoms with Gasteiger partial charge in [0.15, 0.2) is 0 Å². The number of nitrogen functional groups attached to an aromatic ring is 1. The second-order valence-electron chi connectivity index (χ2n) is 8.72. The van der Waals surface area contributed by atoms with Gasteiger partial charge in [-0.2, -0.15) is 10.5 Å². The Morgan fingerprint density at radius 3 is 2.56 bits per heavy atom. The van der Waals surface area contributed by atoms with E-state index in [9.17, 15) is 10.5 Å². The van der Waals surface area contributed by atoms with Crippen LogP contribution in [0.15, 0.2) is 60.3 Å². The number of hydrogen-bond acceptors (Lipinski definition) is 4. The predicted octanol–water partition coefficient (Wildman–Crippen LogP) is 6.01. The number of rotatable bonds is 3. The molecule has 2 N–H and O–H groups in total. The van der Waals surface area contributed by atoms with Crippen LogP contribution in [0, 0.1) is 36.5 Å². The van der Waals surface area contributed by atoms with Crippen molar-refractivity contribution in [1.82, 2.24) is 9.55 Å². The molecule has 5 heteroatoms. The molecule has 0 bridgehead atoms. The second-order valence-corrected chi connectivity index (χ2v) is 8.72. The molecule has 1 aliphatic carbocycles. The number of para-hydroxylation sites is 1. The molecule has 34 heavy (non-hydrogen) atoms. The molecule has 4 aromatic rings. The lowest BCUT2D eigenvalue weighted by Crippen LogP contribution is -2.03. The Kier molecular flexibility index (Phi) is 5.04. The zero-order valence-electron chi connectivity index (χ0n) is 19.3. The molecule has 0 saturated carbocycles. The molecular weight excluding hydrogens is 418 g/mol. The highest BCUT2D eigenvalue weighted by molar-refractivity contribution is 6.10. The molecule has 0 fully saturated rings. The van der Waals surface area contributed by atoms with Crippen molar-refractivity contribution in [3.63, 3.8) is 0 Å². The lowest BCUT2D eigenvalue weighted by Gasteiger charge is -2.10. The fourth-order valence-corrected chi connectivity index (χ4v) is 4.88. The number of nitrogens with two attached hydrogens (primary N) is 1. The molecule has 2 aromatic carbocycles. The summed E-state index contributed by atoms with van der Waals surface area (Å²) >= 11 is 0. The Labute approximate surface area is 198 Å². The van der Waals surface area contributed by atoms with Crippen molar-refractivity contribution in [1.29, 1.82) is 10.5 Å². The minimum absolute atomic E-state index is 0.162. The number of fused-ring (bicyclic) bond motifs is 2. The van der Waals surface area contributed by atoms with Gasteiger partial charge in [-0.25, -0.2) is 4.98 Å². The maximum atomic E-state index is 9.85. The first kappa shape index (κ1) is 21.2. The third kappa shape index (κ3) is 3.27. The van der Waals surface area contributed by atoms with E-state index in [1.807, 2.05) is 26.0 Å². The first-order chi connectivity index (χ1) is 16.4. The summed E-state index contributed by atoms with van der Waals surface area (Å²) in [7, 11) is 0. The molecule has 1 aliphatic rings. The van der Waals surface area contributed by atoms with Crippen molar-refractivity contribution in [2.45, 2.75) is 27.3 Å². The van der Waals surface area contributed by atoms with E-state index in [0.29, 0.717) is 16.8 Å². The van der Waals surface area contributed by atoms with Crippen LogP contribution < -0.4 is 5.73 Å². The molecule has 0 unspecified atom stereocenters. The molecule has 0 radical (unpaired) electrons. The van der Waals surface area contributed by atoms with E-state index in [-0.39, 0.29) is 5.82 Å². The normalized spacial score (nSPS) is 13.9. The van der Waals surface area contributed by atoms with Crippen LogP contribution in [-0.2, 0) is 6.54 Å². The number of nitrogens with zero attached hydrogens (tertiary/aromatic N) is 4. The largest absolute Gasteiger partial charge is 0.383 e. The van der Waals surface area contributed by atoms with E-state index < -0.39 is 0 Å². The molecule has 5 nitrogen and oxygen atoms in total. The van der Waals surface area contributed by atoms with Gasteiger partial charge in [-0.3, -0.25) is 0 Å². The average Bonchev–Trinajstić information content (AvgIpc) is 3.29. The number of pyridine rings is 1. The Bertz CT molecular complexity index is 1630. The molecule has 0 saturated heterocycles. The van der Waals surface area contributed by atoms with Crippen molar-refractivity contribution in [2.75, 3.05) is 5.73 Å². The number of aryl methyl sites for hydroxylation is 1. The summed E-state index contributed by atoms with van der Waals surface area (Å²) in [6, 6.07) is 21.3. The van der Waals surface area contributed by atoms with Crippen LogP contribution in [0.25, 0.3) is 28.1 Å². The SMILES string of the molecule is CC1=C(C#N)c2nc(N)c(C#N)c(C)c2C1=Cc1cn(Cc2cccc(C)c2)c2ccccc12. The fraction of sp³-hybridized carbons (Fsp3) is 0.138. The highest BCUT2D eigenvalue weighted by Gasteiger charge is 2.29. The third-order valence-corrected chi connectivity index (χ3v) is 6.54. The zero-order valence-corrected chi connectivity index (χ0v) is 19.3. The smallest absolute Gasteiger partial charge is 0.142 e. The highest BCUT2D eigenvalue weighted by atomic mass is 15.0. The van der Waals surface area contributed by atoms with Gasteiger partial charge in [-0.05, 0) is 55.2 Å². The summed E-state index contributed by atoms with van der Waals surface area (Å²) in [5.74, 6) is 0.162. The maximum absolute atomic E-state index is 9.85. The van der Waals surface area contributed by atoms with Crippen molar-refractivity contribution in [2.24, 2.45) is 0 Å². The van der Waals surface area contributed by atoms with Crippen LogP contribution >= 0.6 is 0 Å². The molecule has 0 amide bonds. The van der Waals surface area contributed by atoms with E-state index in [1.165, 1.54) is 11.1 Å². The monoisotopic (exact) mass is 441 g/mol. The van der Waals surface area contributed by atoms with Crippen LogP contribution in [-0.4, -0.2) is 9.55 Å². The van der Waals surface area contributed by atoms with Gasteiger partial charge in [-0.1, -0.05) is 48.0 Å². The quantitative estimate of drug-likeness (QED) is 0.422. The van der Waals surface area contributed by atoms with Crippen LogP contribution in [0.3, 0.4) is 0 Å². The molecule has 0 aliphatic heterocycles. The number of hydrogen-bond donors (Lipinski definition) is 1.